The third-order valence-electron chi connectivity index (χ3n) is 5.41. The van der Waals surface area contributed by atoms with Gasteiger partial charge in [0.15, 0.2) is 0 Å². The molecule has 0 radical (unpaired) electrons. The van der Waals surface area contributed by atoms with Crippen LogP contribution in [-0.2, 0) is 6.42 Å². The number of hydrogen-bond acceptors (Lipinski definition) is 4. The van der Waals surface area contributed by atoms with Crippen LogP contribution < -0.4 is 0 Å². The van der Waals surface area contributed by atoms with Crippen molar-refractivity contribution in [1.82, 2.24) is 9.97 Å². The minimum atomic E-state index is 0.297. The number of thiophene rings is 2. The van der Waals surface area contributed by atoms with Crippen molar-refractivity contribution in [3.63, 3.8) is 0 Å². The van der Waals surface area contributed by atoms with Gasteiger partial charge in [0, 0.05) is 42.9 Å². The van der Waals surface area contributed by atoms with Gasteiger partial charge in [0.05, 0.1) is 15.9 Å². The van der Waals surface area contributed by atoms with Crippen LogP contribution in [0.1, 0.15) is 36.2 Å². The Kier molecular flexibility index (Phi) is 4.95. The fourth-order valence-corrected chi connectivity index (χ4v) is 6.43. The molecule has 156 valence electrons. The van der Waals surface area contributed by atoms with Gasteiger partial charge in [-0.2, -0.15) is 0 Å². The minimum Gasteiger partial charge on any atom is -0.256 e. The maximum atomic E-state index is 4.84. The standard InChI is InChI=1S/C27H26N2S2/c1-16-6-7-19-13-21(22-12-17(2)30-26(22)25(19)29-16)23-14-18(10-11-28-23)24-9-8-20(31-24)15-27(3,4)5/h6-14H,15H2,1-5H3. The van der Waals surface area contributed by atoms with Crippen LogP contribution in [0, 0.1) is 19.3 Å². The Balaban J connectivity index is 1.64. The summed E-state index contributed by atoms with van der Waals surface area (Å²) in [4.78, 5) is 13.7. The second-order valence-electron chi connectivity index (χ2n) is 9.48. The van der Waals surface area contributed by atoms with E-state index in [9.17, 15) is 0 Å². The summed E-state index contributed by atoms with van der Waals surface area (Å²) in [5, 5.41) is 2.42. The summed E-state index contributed by atoms with van der Waals surface area (Å²) in [6.07, 6.45) is 3.04. The summed E-state index contributed by atoms with van der Waals surface area (Å²) in [6.45, 7) is 11.1. The summed E-state index contributed by atoms with van der Waals surface area (Å²) >= 11 is 3.71. The first-order valence-electron chi connectivity index (χ1n) is 10.6. The van der Waals surface area contributed by atoms with Gasteiger partial charge >= 0.3 is 0 Å². The molecule has 4 aromatic heterocycles. The summed E-state index contributed by atoms with van der Waals surface area (Å²) in [5.41, 5.74) is 5.89. The zero-order chi connectivity index (χ0) is 21.8. The van der Waals surface area contributed by atoms with E-state index >= 15 is 0 Å². The van der Waals surface area contributed by atoms with E-state index in [4.69, 9.17) is 9.97 Å². The zero-order valence-electron chi connectivity index (χ0n) is 18.6. The molecule has 0 saturated carbocycles. The molecule has 1 aromatic carbocycles. The topological polar surface area (TPSA) is 25.8 Å². The van der Waals surface area contributed by atoms with Crippen LogP contribution in [0.4, 0.5) is 0 Å². The number of aromatic nitrogens is 2. The van der Waals surface area contributed by atoms with Crippen LogP contribution >= 0.6 is 22.7 Å². The largest absolute Gasteiger partial charge is 0.256 e. The molecule has 0 fully saturated rings. The number of aryl methyl sites for hydroxylation is 2. The summed E-state index contributed by atoms with van der Waals surface area (Å²) in [6, 6.07) is 17.7. The average molecular weight is 443 g/mol. The van der Waals surface area contributed by atoms with Gasteiger partial charge in [0.25, 0.3) is 0 Å². The zero-order valence-corrected chi connectivity index (χ0v) is 20.2. The van der Waals surface area contributed by atoms with Crippen LogP contribution in [0.25, 0.3) is 42.7 Å². The van der Waals surface area contributed by atoms with Crippen molar-refractivity contribution in [3.8, 4) is 21.7 Å². The third kappa shape index (κ3) is 4.02. The normalized spacial score (nSPS) is 12.2. The number of benzene rings is 1. The van der Waals surface area contributed by atoms with Gasteiger partial charge in [0.2, 0.25) is 0 Å². The number of pyridine rings is 2. The van der Waals surface area contributed by atoms with E-state index in [1.54, 1.807) is 0 Å². The lowest BCUT2D eigenvalue weighted by atomic mass is 9.92. The third-order valence-corrected chi connectivity index (χ3v) is 7.60. The van der Waals surface area contributed by atoms with E-state index in [1.807, 2.05) is 28.9 Å². The molecule has 0 aliphatic carbocycles. The Morgan fingerprint density at radius 3 is 2.55 bits per heavy atom. The van der Waals surface area contributed by atoms with E-state index in [1.165, 1.54) is 41.2 Å². The lowest BCUT2D eigenvalue weighted by Gasteiger charge is -2.16. The Labute approximate surface area is 191 Å². The molecule has 0 amide bonds. The highest BCUT2D eigenvalue weighted by Gasteiger charge is 2.16. The van der Waals surface area contributed by atoms with Crippen molar-refractivity contribution >= 4 is 43.7 Å². The Hall–Kier alpha value is -2.56. The van der Waals surface area contributed by atoms with Crippen molar-refractivity contribution in [2.24, 2.45) is 5.41 Å². The molecular weight excluding hydrogens is 416 g/mol. The molecule has 0 atom stereocenters. The first-order chi connectivity index (χ1) is 14.8. The highest BCUT2D eigenvalue weighted by atomic mass is 32.1. The lowest BCUT2D eigenvalue weighted by molar-refractivity contribution is 0.414. The summed E-state index contributed by atoms with van der Waals surface area (Å²) in [7, 11) is 0. The quantitative estimate of drug-likeness (QED) is 0.280. The molecule has 0 saturated heterocycles. The number of hydrogen-bond donors (Lipinski definition) is 0. The fourth-order valence-electron chi connectivity index (χ4n) is 4.08. The van der Waals surface area contributed by atoms with Gasteiger partial charge in [-0.25, -0.2) is 0 Å². The predicted octanol–water partition coefficient (Wildman–Crippen LogP) is 8.45. The predicted molar refractivity (Wildman–Crippen MR) is 136 cm³/mol. The summed E-state index contributed by atoms with van der Waals surface area (Å²) < 4.78 is 1.25. The Morgan fingerprint density at radius 1 is 0.903 bits per heavy atom. The first kappa shape index (κ1) is 20.3. The SMILES string of the molecule is Cc1ccc2cc(-c3cc(-c4ccc(CC(C)(C)C)s4)ccn3)c3cc(C)sc3c2n1. The van der Waals surface area contributed by atoms with Gasteiger partial charge in [0.1, 0.15) is 0 Å². The highest BCUT2D eigenvalue weighted by Crippen LogP contribution is 2.40. The number of nitrogens with zero attached hydrogens (tertiary/aromatic N) is 2. The minimum absolute atomic E-state index is 0.297. The van der Waals surface area contributed by atoms with Crippen LogP contribution in [0.2, 0.25) is 0 Å². The number of rotatable bonds is 3. The molecule has 2 nitrogen and oxygen atoms in total. The highest BCUT2D eigenvalue weighted by molar-refractivity contribution is 7.20. The maximum absolute atomic E-state index is 4.84. The molecule has 5 aromatic rings. The second kappa shape index (κ2) is 7.54. The van der Waals surface area contributed by atoms with Crippen molar-refractivity contribution in [2.45, 2.75) is 41.0 Å². The molecule has 31 heavy (non-hydrogen) atoms. The Bertz CT molecular complexity index is 1420. The summed E-state index contributed by atoms with van der Waals surface area (Å²) in [5.74, 6) is 0. The molecule has 0 spiro atoms. The van der Waals surface area contributed by atoms with E-state index in [2.05, 4.69) is 83.1 Å². The van der Waals surface area contributed by atoms with Crippen LogP contribution in [0.5, 0.6) is 0 Å². The molecule has 0 aliphatic heterocycles. The molecule has 4 heterocycles. The number of fused-ring (bicyclic) bond motifs is 3. The average Bonchev–Trinajstić information content (AvgIpc) is 3.32. The fraction of sp³-hybridized carbons (Fsp3) is 0.259. The molecule has 4 heteroatoms. The molecule has 0 aliphatic rings. The molecule has 0 N–H and O–H groups in total. The lowest BCUT2D eigenvalue weighted by Crippen LogP contribution is -2.07. The van der Waals surface area contributed by atoms with Crippen molar-refractivity contribution in [2.75, 3.05) is 0 Å². The molecule has 0 bridgehead atoms. The first-order valence-corrected chi connectivity index (χ1v) is 12.3. The molecule has 5 rings (SSSR count). The van der Waals surface area contributed by atoms with Crippen LogP contribution in [0.15, 0.2) is 54.7 Å². The second-order valence-corrected chi connectivity index (χ2v) is 11.9. The van der Waals surface area contributed by atoms with Crippen LogP contribution in [-0.4, -0.2) is 9.97 Å². The smallest absolute Gasteiger partial charge is 0.0883 e. The monoisotopic (exact) mass is 442 g/mol. The molecular formula is C27H26N2S2. The Morgan fingerprint density at radius 2 is 1.74 bits per heavy atom. The van der Waals surface area contributed by atoms with Crippen molar-refractivity contribution in [3.05, 3.63) is 70.2 Å². The van der Waals surface area contributed by atoms with Gasteiger partial charge in [-0.3, -0.25) is 9.97 Å². The van der Waals surface area contributed by atoms with Gasteiger partial charge in [-0.1, -0.05) is 26.8 Å². The molecule has 0 unspecified atom stereocenters. The van der Waals surface area contributed by atoms with E-state index in [0.717, 1.165) is 23.3 Å². The maximum Gasteiger partial charge on any atom is 0.0883 e. The van der Waals surface area contributed by atoms with Gasteiger partial charge < -0.3 is 0 Å². The van der Waals surface area contributed by atoms with Crippen molar-refractivity contribution in [1.29, 1.82) is 0 Å². The van der Waals surface area contributed by atoms with E-state index < -0.39 is 0 Å². The van der Waals surface area contributed by atoms with Crippen LogP contribution in [0.3, 0.4) is 0 Å². The van der Waals surface area contributed by atoms with Crippen molar-refractivity contribution < 1.29 is 0 Å². The van der Waals surface area contributed by atoms with E-state index in [0.29, 0.717) is 5.41 Å². The van der Waals surface area contributed by atoms with Gasteiger partial charge in [-0.05, 0) is 73.7 Å². The van der Waals surface area contributed by atoms with E-state index in [-0.39, 0.29) is 0 Å². The van der Waals surface area contributed by atoms with Gasteiger partial charge in [-0.15, -0.1) is 22.7 Å².